The van der Waals surface area contributed by atoms with Gasteiger partial charge in [-0.05, 0) is 18.2 Å². The monoisotopic (exact) mass is 176 g/mol. The predicted molar refractivity (Wildman–Crippen MR) is 47.3 cm³/mol. The molecule has 66 valence electrons. The van der Waals surface area contributed by atoms with Gasteiger partial charge in [-0.2, -0.15) is 0 Å². The Bertz CT molecular complexity index is 448. The molecule has 2 N–H and O–H groups in total. The van der Waals surface area contributed by atoms with E-state index in [1.54, 1.807) is 18.2 Å². The first-order chi connectivity index (χ1) is 6.33. The molecule has 0 saturated carbocycles. The highest BCUT2D eigenvalue weighted by atomic mass is 16.3. The first-order valence-corrected chi connectivity index (χ1v) is 3.88. The van der Waals surface area contributed by atoms with Gasteiger partial charge in [0, 0.05) is 5.56 Å². The van der Waals surface area contributed by atoms with E-state index >= 15 is 0 Å². The Balaban J connectivity index is 2.63. The Hall–Kier alpha value is -1.68. The number of aromatic nitrogens is 1. The minimum Gasteiger partial charge on any atom is -0.439 e. The molecule has 0 aliphatic rings. The van der Waals surface area contributed by atoms with Crippen molar-refractivity contribution in [3.63, 3.8) is 0 Å². The van der Waals surface area contributed by atoms with Gasteiger partial charge in [0.25, 0.3) is 0 Å². The van der Waals surface area contributed by atoms with Gasteiger partial charge in [-0.3, -0.25) is 4.79 Å². The number of nitrogens with zero attached hydrogens (tertiary/aromatic N) is 1. The Morgan fingerprint density at radius 2 is 2.38 bits per heavy atom. The number of hydrogen-bond donors (Lipinski definition) is 1. The van der Waals surface area contributed by atoms with Gasteiger partial charge in [-0.15, -0.1) is 0 Å². The van der Waals surface area contributed by atoms with Crippen LogP contribution in [0.4, 0.5) is 0 Å². The maximum absolute atomic E-state index is 10.4. The Kier molecular flexibility index (Phi) is 1.83. The molecule has 0 aliphatic carbocycles. The van der Waals surface area contributed by atoms with E-state index in [1.807, 2.05) is 0 Å². The molecule has 1 aromatic heterocycles. The van der Waals surface area contributed by atoms with Gasteiger partial charge in [0.1, 0.15) is 11.8 Å². The van der Waals surface area contributed by atoms with Crippen molar-refractivity contribution in [1.82, 2.24) is 4.98 Å². The van der Waals surface area contributed by atoms with E-state index in [1.165, 1.54) is 0 Å². The van der Waals surface area contributed by atoms with Crippen molar-refractivity contribution in [2.24, 2.45) is 5.73 Å². The fourth-order valence-electron chi connectivity index (χ4n) is 1.15. The molecule has 0 fully saturated rings. The largest absolute Gasteiger partial charge is 0.439 e. The molecular weight excluding hydrogens is 168 g/mol. The zero-order valence-corrected chi connectivity index (χ0v) is 6.86. The number of benzene rings is 1. The number of hydrogen-bond acceptors (Lipinski definition) is 4. The number of oxazole rings is 1. The summed E-state index contributed by atoms with van der Waals surface area (Å²) in [6, 6.07) is 5.08. The first kappa shape index (κ1) is 7.94. The molecule has 0 bridgehead atoms. The van der Waals surface area contributed by atoms with Crippen LogP contribution in [-0.4, -0.2) is 11.3 Å². The summed E-state index contributed by atoms with van der Waals surface area (Å²) in [5.74, 6) is 0.484. The second kappa shape index (κ2) is 2.99. The van der Waals surface area contributed by atoms with Crippen LogP contribution in [0.1, 0.15) is 16.2 Å². The molecule has 4 nitrogen and oxygen atoms in total. The number of aldehydes is 1. The van der Waals surface area contributed by atoms with Crippen LogP contribution in [0.15, 0.2) is 22.6 Å². The molecule has 2 rings (SSSR count). The topological polar surface area (TPSA) is 69.1 Å². The highest BCUT2D eigenvalue weighted by Crippen LogP contribution is 2.15. The van der Waals surface area contributed by atoms with Gasteiger partial charge >= 0.3 is 0 Å². The number of rotatable bonds is 2. The van der Waals surface area contributed by atoms with Crippen molar-refractivity contribution >= 4 is 17.4 Å². The van der Waals surface area contributed by atoms with Crippen LogP contribution >= 0.6 is 0 Å². The maximum atomic E-state index is 10.4. The summed E-state index contributed by atoms with van der Waals surface area (Å²) in [5, 5.41) is 0. The van der Waals surface area contributed by atoms with Crippen LogP contribution in [0, 0.1) is 0 Å². The second-order valence-corrected chi connectivity index (χ2v) is 2.66. The predicted octanol–water partition coefficient (Wildman–Crippen LogP) is 1.10. The Morgan fingerprint density at radius 3 is 3.08 bits per heavy atom. The van der Waals surface area contributed by atoms with Crippen molar-refractivity contribution in [3.8, 4) is 0 Å². The quantitative estimate of drug-likeness (QED) is 0.695. The molecule has 0 spiro atoms. The Morgan fingerprint density at radius 1 is 1.54 bits per heavy atom. The summed E-state index contributed by atoms with van der Waals surface area (Å²) < 4.78 is 5.26. The second-order valence-electron chi connectivity index (χ2n) is 2.66. The highest BCUT2D eigenvalue weighted by Gasteiger charge is 2.03. The highest BCUT2D eigenvalue weighted by molar-refractivity contribution is 5.83. The van der Waals surface area contributed by atoms with Crippen molar-refractivity contribution in [2.45, 2.75) is 6.54 Å². The summed E-state index contributed by atoms with van der Waals surface area (Å²) in [7, 11) is 0. The molecular formula is C9H8N2O2. The van der Waals surface area contributed by atoms with E-state index in [4.69, 9.17) is 10.2 Å². The van der Waals surface area contributed by atoms with Crippen LogP contribution in [0.2, 0.25) is 0 Å². The third-order valence-electron chi connectivity index (χ3n) is 1.77. The SMILES string of the molecule is NCc1nc2ccc(C=O)cc2o1. The van der Waals surface area contributed by atoms with E-state index in [0.29, 0.717) is 17.0 Å². The Labute approximate surface area is 74.4 Å². The van der Waals surface area contributed by atoms with Gasteiger partial charge < -0.3 is 10.2 Å². The van der Waals surface area contributed by atoms with E-state index in [-0.39, 0.29) is 6.54 Å². The molecule has 0 aliphatic heterocycles. The fourth-order valence-corrected chi connectivity index (χ4v) is 1.15. The summed E-state index contributed by atoms with van der Waals surface area (Å²) in [6.07, 6.45) is 0.768. The first-order valence-electron chi connectivity index (χ1n) is 3.88. The molecule has 1 aromatic carbocycles. The van der Waals surface area contributed by atoms with Gasteiger partial charge in [-0.1, -0.05) is 0 Å². The van der Waals surface area contributed by atoms with Crippen molar-refractivity contribution < 1.29 is 9.21 Å². The average molecular weight is 176 g/mol. The molecule has 0 radical (unpaired) electrons. The van der Waals surface area contributed by atoms with Gasteiger partial charge in [0.2, 0.25) is 5.89 Å². The van der Waals surface area contributed by atoms with E-state index in [2.05, 4.69) is 4.98 Å². The van der Waals surface area contributed by atoms with E-state index in [9.17, 15) is 4.79 Å². The summed E-state index contributed by atoms with van der Waals surface area (Å²) >= 11 is 0. The fraction of sp³-hybridized carbons (Fsp3) is 0.111. The van der Waals surface area contributed by atoms with Crippen LogP contribution in [0.3, 0.4) is 0 Å². The molecule has 0 amide bonds. The standard InChI is InChI=1S/C9H8N2O2/c10-4-9-11-7-2-1-6(5-12)3-8(7)13-9/h1-3,5H,4,10H2. The van der Waals surface area contributed by atoms with Crippen molar-refractivity contribution in [1.29, 1.82) is 0 Å². The lowest BCUT2D eigenvalue weighted by molar-refractivity contribution is 0.112. The average Bonchev–Trinajstić information content (AvgIpc) is 2.58. The minimum atomic E-state index is 0.269. The third-order valence-corrected chi connectivity index (χ3v) is 1.77. The lowest BCUT2D eigenvalue weighted by Gasteiger charge is -1.87. The van der Waals surface area contributed by atoms with Crippen molar-refractivity contribution in [2.75, 3.05) is 0 Å². The number of carbonyl (C=O) groups excluding carboxylic acids is 1. The molecule has 0 unspecified atom stereocenters. The van der Waals surface area contributed by atoms with Gasteiger partial charge in [-0.25, -0.2) is 4.98 Å². The van der Waals surface area contributed by atoms with Crippen LogP contribution in [0.5, 0.6) is 0 Å². The lowest BCUT2D eigenvalue weighted by Crippen LogP contribution is -1.94. The third kappa shape index (κ3) is 1.31. The number of carbonyl (C=O) groups is 1. The zero-order chi connectivity index (χ0) is 9.26. The van der Waals surface area contributed by atoms with Crippen LogP contribution < -0.4 is 5.73 Å². The van der Waals surface area contributed by atoms with E-state index < -0.39 is 0 Å². The lowest BCUT2D eigenvalue weighted by atomic mass is 10.2. The number of nitrogens with two attached hydrogens (primary N) is 1. The molecule has 0 saturated heterocycles. The minimum absolute atomic E-state index is 0.269. The summed E-state index contributed by atoms with van der Waals surface area (Å²) in [6.45, 7) is 0.269. The van der Waals surface area contributed by atoms with Gasteiger partial charge in [0.05, 0.1) is 6.54 Å². The normalized spacial score (nSPS) is 10.5. The summed E-state index contributed by atoms with van der Waals surface area (Å²) in [5.41, 5.74) is 7.26. The van der Waals surface area contributed by atoms with E-state index in [0.717, 1.165) is 11.8 Å². The van der Waals surface area contributed by atoms with Gasteiger partial charge in [0.15, 0.2) is 5.58 Å². The van der Waals surface area contributed by atoms with Crippen LogP contribution in [0.25, 0.3) is 11.1 Å². The zero-order valence-electron chi connectivity index (χ0n) is 6.86. The maximum Gasteiger partial charge on any atom is 0.209 e. The molecule has 2 aromatic rings. The molecule has 13 heavy (non-hydrogen) atoms. The van der Waals surface area contributed by atoms with Crippen LogP contribution in [-0.2, 0) is 6.54 Å². The molecule has 0 atom stereocenters. The molecule has 4 heteroatoms. The number of fused-ring (bicyclic) bond motifs is 1. The molecule has 1 heterocycles. The smallest absolute Gasteiger partial charge is 0.209 e. The van der Waals surface area contributed by atoms with Crippen molar-refractivity contribution in [3.05, 3.63) is 29.7 Å². The summed E-state index contributed by atoms with van der Waals surface area (Å²) in [4.78, 5) is 14.5.